The first kappa shape index (κ1) is 33.4. The maximum absolute atomic E-state index is 12.4. The number of non-ortho nitro benzene ring substituents is 1. The third-order valence-corrected chi connectivity index (χ3v) is 12.1. The second kappa shape index (κ2) is 17.7. The Balaban J connectivity index is 1.26. The van der Waals surface area contributed by atoms with E-state index in [1.54, 1.807) is 0 Å². The molecule has 3 rings (SSSR count). The monoisotopic (exact) mass is 593 g/mol. The highest BCUT2D eigenvalue weighted by atomic mass is 31.2. The van der Waals surface area contributed by atoms with Crippen LogP contribution in [0, 0.1) is 10.1 Å². The maximum Gasteiger partial charge on any atom is 0.269 e. The van der Waals surface area contributed by atoms with Crippen molar-refractivity contribution in [3.05, 3.63) is 101 Å². The lowest BCUT2D eigenvalue weighted by atomic mass is 10.0. The number of rotatable bonds is 19. The smallest absolute Gasteiger partial charge is 0.269 e. The van der Waals surface area contributed by atoms with Gasteiger partial charge in [-0.25, -0.2) is 0 Å². The second-order valence-electron chi connectivity index (χ2n) is 11.2. The van der Waals surface area contributed by atoms with Crippen LogP contribution in [-0.2, 0) is 4.79 Å². The summed E-state index contributed by atoms with van der Waals surface area (Å²) in [7, 11) is -1.38. The van der Waals surface area contributed by atoms with Gasteiger partial charge in [-0.2, -0.15) is 0 Å². The normalized spacial score (nSPS) is 12.9. The zero-order chi connectivity index (χ0) is 30.2. The molecule has 0 bridgehead atoms. The molecule has 0 aliphatic heterocycles. The van der Waals surface area contributed by atoms with E-state index >= 15 is 0 Å². The highest BCUT2D eigenvalue weighted by Gasteiger charge is 2.36. The molecular weight excluding hydrogens is 547 g/mol. The summed E-state index contributed by atoms with van der Waals surface area (Å²) in [5, 5.41) is 36.6. The van der Waals surface area contributed by atoms with Gasteiger partial charge in [-0.1, -0.05) is 74.9 Å². The number of hydrogen-bond donors (Lipinski definition) is 3. The number of hydrogen-bond acceptors (Lipinski definition) is 5. The van der Waals surface area contributed by atoms with Crippen molar-refractivity contribution in [2.24, 2.45) is 0 Å². The van der Waals surface area contributed by atoms with Gasteiger partial charge < -0.3 is 15.5 Å². The molecule has 7 nitrogen and oxygen atoms in total. The van der Waals surface area contributed by atoms with Crippen molar-refractivity contribution in [3.63, 3.8) is 0 Å². The Morgan fingerprint density at radius 1 is 0.786 bits per heavy atom. The zero-order valence-electron chi connectivity index (χ0n) is 24.7. The van der Waals surface area contributed by atoms with Crippen LogP contribution >= 0.6 is 7.26 Å². The number of amides is 1. The molecular formula is C34H46N2O5P+. The van der Waals surface area contributed by atoms with Crippen LogP contribution in [0.3, 0.4) is 0 Å². The summed E-state index contributed by atoms with van der Waals surface area (Å²) in [6.45, 7) is 2.05. The summed E-state index contributed by atoms with van der Waals surface area (Å²) in [4.78, 5) is 22.7. The molecule has 226 valence electrons. The molecule has 2 atom stereocenters. The van der Waals surface area contributed by atoms with Crippen LogP contribution in [-0.4, -0.2) is 46.5 Å². The average molecular weight is 594 g/mol. The molecule has 0 spiro atoms. The topological polar surface area (TPSA) is 113 Å². The van der Waals surface area contributed by atoms with Crippen LogP contribution in [0.5, 0.6) is 0 Å². The summed E-state index contributed by atoms with van der Waals surface area (Å²) in [5.41, 5.74) is 0.324. The fraction of sp³-hybridized carbons (Fsp3) is 0.441. The van der Waals surface area contributed by atoms with Crippen molar-refractivity contribution in [1.29, 1.82) is 0 Å². The molecule has 3 N–H and O–H groups in total. The maximum atomic E-state index is 12.4. The number of nitrogens with one attached hydrogen (secondary N) is 1. The van der Waals surface area contributed by atoms with E-state index < -0.39 is 30.9 Å². The summed E-state index contributed by atoms with van der Waals surface area (Å²) < 4.78 is 0. The Morgan fingerprint density at radius 3 is 1.74 bits per heavy atom. The third kappa shape index (κ3) is 10.3. The van der Waals surface area contributed by atoms with Crippen molar-refractivity contribution < 1.29 is 19.9 Å². The van der Waals surface area contributed by atoms with Gasteiger partial charge >= 0.3 is 0 Å². The summed E-state index contributed by atoms with van der Waals surface area (Å²) in [6, 6.07) is 26.6. The molecule has 0 heterocycles. The van der Waals surface area contributed by atoms with E-state index in [1.165, 1.54) is 79.6 Å². The molecule has 3 aromatic rings. The van der Waals surface area contributed by atoms with E-state index in [1.807, 2.05) is 0 Å². The first-order chi connectivity index (χ1) is 20.3. The van der Waals surface area contributed by atoms with Gasteiger partial charge in [0.05, 0.1) is 48.3 Å². The van der Waals surface area contributed by atoms with E-state index in [0.717, 1.165) is 19.3 Å². The van der Waals surface area contributed by atoms with Gasteiger partial charge in [-0.15, -0.1) is 0 Å². The molecule has 0 fully saturated rings. The van der Waals surface area contributed by atoms with E-state index in [0.29, 0.717) is 12.0 Å². The molecule has 1 amide bonds. The first-order valence-corrected chi connectivity index (χ1v) is 17.6. The number of aliphatic hydroxyl groups excluding tert-OH is 2. The molecule has 8 heteroatoms. The van der Waals surface area contributed by atoms with Crippen LogP contribution in [0.2, 0.25) is 0 Å². The van der Waals surface area contributed by atoms with Crippen LogP contribution in [0.25, 0.3) is 0 Å². The molecule has 0 aliphatic carbocycles. The summed E-state index contributed by atoms with van der Waals surface area (Å²) >= 11 is 0. The fourth-order valence-corrected chi connectivity index (χ4v) is 8.73. The van der Waals surface area contributed by atoms with Crippen LogP contribution in [0.1, 0.15) is 75.9 Å². The Morgan fingerprint density at radius 2 is 1.26 bits per heavy atom. The van der Waals surface area contributed by atoms with Gasteiger partial charge in [0.1, 0.15) is 6.10 Å². The standard InChI is InChI=1S/C34H45N2O5P/c1-42(30-17-11-9-12-18-30,31-19-13-10-14-20-31)26-16-8-6-4-2-3-5-7-15-21-33(38)35-32(27-37)34(39)28-22-24-29(25-23-28)36(40)41/h9-14,17-20,22-25,32,34,37,39H,2-8,15-16,21,26-27H2,1H3/p+1. The third-order valence-electron chi connectivity index (χ3n) is 8.03. The lowest BCUT2D eigenvalue weighted by molar-refractivity contribution is -0.384. The summed E-state index contributed by atoms with van der Waals surface area (Å²) in [5.74, 6) is -0.212. The predicted molar refractivity (Wildman–Crippen MR) is 173 cm³/mol. The minimum atomic E-state index is -1.38. The number of carbonyl (C=O) groups excluding carboxylic acids is 1. The van der Waals surface area contributed by atoms with Crippen LogP contribution < -0.4 is 15.9 Å². The van der Waals surface area contributed by atoms with E-state index in [4.69, 9.17) is 0 Å². The first-order valence-electron chi connectivity index (χ1n) is 15.1. The number of carbonyl (C=O) groups is 1. The highest BCUT2D eigenvalue weighted by molar-refractivity contribution is 7.88. The lowest BCUT2D eigenvalue weighted by Gasteiger charge is -2.23. The fourth-order valence-electron chi connectivity index (χ4n) is 5.40. The Kier molecular flexibility index (Phi) is 14.1. The molecule has 42 heavy (non-hydrogen) atoms. The second-order valence-corrected chi connectivity index (χ2v) is 15.0. The zero-order valence-corrected chi connectivity index (χ0v) is 25.6. The van der Waals surface area contributed by atoms with Crippen molar-refractivity contribution >= 4 is 29.5 Å². The number of nitro benzene ring substituents is 1. The van der Waals surface area contributed by atoms with E-state index in [-0.39, 0.29) is 11.6 Å². The van der Waals surface area contributed by atoms with Crippen molar-refractivity contribution in [2.75, 3.05) is 19.4 Å². The molecule has 0 saturated heterocycles. The summed E-state index contributed by atoms with van der Waals surface area (Å²) in [6.07, 6.45) is 10.6. The Hall–Kier alpha value is -3.12. The number of benzene rings is 3. The van der Waals surface area contributed by atoms with Gasteiger partial charge in [0.2, 0.25) is 5.91 Å². The lowest BCUT2D eigenvalue weighted by Crippen LogP contribution is -2.41. The van der Waals surface area contributed by atoms with Crippen molar-refractivity contribution in [1.82, 2.24) is 5.32 Å². The van der Waals surface area contributed by atoms with Crippen LogP contribution in [0.15, 0.2) is 84.9 Å². The van der Waals surface area contributed by atoms with Gasteiger partial charge in [-0.05, 0) is 61.2 Å². The minimum Gasteiger partial charge on any atom is -0.394 e. The number of aliphatic hydroxyl groups is 2. The van der Waals surface area contributed by atoms with Crippen molar-refractivity contribution in [3.8, 4) is 0 Å². The Labute approximate surface area is 250 Å². The largest absolute Gasteiger partial charge is 0.394 e. The molecule has 0 radical (unpaired) electrons. The molecule has 0 saturated carbocycles. The van der Waals surface area contributed by atoms with E-state index in [9.17, 15) is 25.1 Å². The predicted octanol–water partition coefficient (Wildman–Crippen LogP) is 6.30. The number of nitro groups is 1. The number of nitrogens with zero attached hydrogens (tertiary/aromatic N) is 1. The minimum absolute atomic E-state index is 0.0815. The number of unbranched alkanes of at least 4 members (excludes halogenated alkanes) is 8. The van der Waals surface area contributed by atoms with E-state index in [2.05, 4.69) is 72.6 Å². The molecule has 0 aliphatic rings. The average Bonchev–Trinajstić information content (AvgIpc) is 3.02. The van der Waals surface area contributed by atoms with Gasteiger partial charge in [-0.3, -0.25) is 14.9 Å². The van der Waals surface area contributed by atoms with Gasteiger partial charge in [0.25, 0.3) is 5.69 Å². The van der Waals surface area contributed by atoms with Crippen LogP contribution in [0.4, 0.5) is 5.69 Å². The van der Waals surface area contributed by atoms with Gasteiger partial charge in [0, 0.05) is 18.6 Å². The highest BCUT2D eigenvalue weighted by Crippen LogP contribution is 2.53. The van der Waals surface area contributed by atoms with Gasteiger partial charge in [0.15, 0.2) is 0 Å². The molecule has 0 aromatic heterocycles. The van der Waals surface area contributed by atoms with Crippen molar-refractivity contribution in [2.45, 2.75) is 76.4 Å². The SMILES string of the molecule is C[P+](CCCCCCCCCCCC(=O)NC(CO)C(O)c1ccc([N+](=O)[O-])cc1)(c1ccccc1)c1ccccc1. The molecule has 3 aromatic carbocycles. The Bertz CT molecular complexity index is 1170. The quantitative estimate of drug-likeness (QED) is 0.0653. The molecule has 2 unspecified atom stereocenters.